The van der Waals surface area contributed by atoms with E-state index in [4.69, 9.17) is 0 Å². The van der Waals surface area contributed by atoms with Crippen LogP contribution in [0.25, 0.3) is 0 Å². The van der Waals surface area contributed by atoms with E-state index in [1.165, 1.54) is 38.2 Å². The zero-order valence-electron chi connectivity index (χ0n) is 19.4. The normalized spacial score (nSPS) is 47.1. The summed E-state index contributed by atoms with van der Waals surface area (Å²) in [4.78, 5) is 0. The molecule has 2 nitrogen and oxygen atoms in total. The van der Waals surface area contributed by atoms with E-state index in [0.717, 1.165) is 32.1 Å². The molecule has 0 aromatic carbocycles. The molecule has 30 heavy (non-hydrogen) atoms. The number of aliphatic hydroxyl groups excluding tert-OH is 1. The van der Waals surface area contributed by atoms with Gasteiger partial charge in [0.2, 0.25) is 0 Å². The molecule has 2 N–H and O–H groups in total. The average molecular weight is 425 g/mol. The minimum atomic E-state index is -2.96. The first kappa shape index (κ1) is 22.7. The van der Waals surface area contributed by atoms with Crippen molar-refractivity contribution in [2.24, 2.45) is 34.5 Å². The lowest BCUT2D eigenvalue weighted by Gasteiger charge is -2.59. The number of alkyl halides is 2. The Labute approximate surface area is 181 Å². The maximum absolute atomic E-state index is 13.9. The molecule has 172 valence electrons. The lowest BCUT2D eigenvalue weighted by atomic mass is 9.46. The maximum atomic E-state index is 13.9. The van der Waals surface area contributed by atoms with E-state index in [-0.39, 0.29) is 17.3 Å². The first-order valence-electron chi connectivity index (χ1n) is 12.4. The summed E-state index contributed by atoms with van der Waals surface area (Å²) < 4.78 is 27.7. The number of halogens is 2. The monoisotopic (exact) mass is 424 g/mol. The van der Waals surface area contributed by atoms with Crippen molar-refractivity contribution in [2.75, 3.05) is 0 Å². The smallest absolute Gasteiger partial charge is 0.273 e. The van der Waals surface area contributed by atoms with E-state index < -0.39 is 17.6 Å². The quantitative estimate of drug-likeness (QED) is 0.494. The van der Waals surface area contributed by atoms with Gasteiger partial charge in [0.25, 0.3) is 5.92 Å². The van der Waals surface area contributed by atoms with Gasteiger partial charge in [0.15, 0.2) is 0 Å². The van der Waals surface area contributed by atoms with Crippen LogP contribution < -0.4 is 0 Å². The highest BCUT2D eigenvalue weighted by Crippen LogP contribution is 2.67. The summed E-state index contributed by atoms with van der Waals surface area (Å²) in [5.74, 6) is -0.290. The predicted molar refractivity (Wildman–Crippen MR) is 116 cm³/mol. The third kappa shape index (κ3) is 3.68. The van der Waals surface area contributed by atoms with Crippen LogP contribution in [0.5, 0.6) is 0 Å². The van der Waals surface area contributed by atoms with Gasteiger partial charge in [-0.2, -0.15) is 0 Å². The van der Waals surface area contributed by atoms with Gasteiger partial charge >= 0.3 is 0 Å². The summed E-state index contributed by atoms with van der Waals surface area (Å²) in [5.41, 5.74) is 1.47. The molecule has 0 radical (unpaired) electrons. The molecule has 0 spiro atoms. The fourth-order valence-electron chi connectivity index (χ4n) is 8.18. The summed E-state index contributed by atoms with van der Waals surface area (Å²) in [7, 11) is 0. The summed E-state index contributed by atoms with van der Waals surface area (Å²) in [5, 5.41) is 19.9. The van der Waals surface area contributed by atoms with Gasteiger partial charge in [0.1, 0.15) is 6.10 Å². The molecule has 4 aliphatic carbocycles. The van der Waals surface area contributed by atoms with Gasteiger partial charge in [-0.25, -0.2) is 8.78 Å². The van der Waals surface area contributed by atoms with Gasteiger partial charge in [0.05, 0.1) is 5.60 Å². The summed E-state index contributed by atoms with van der Waals surface area (Å²) in [6.07, 6.45) is 10.9. The highest BCUT2D eigenvalue weighted by molar-refractivity contribution is 5.26. The van der Waals surface area contributed by atoms with Crippen molar-refractivity contribution >= 4 is 0 Å². The van der Waals surface area contributed by atoms with Crippen molar-refractivity contribution < 1.29 is 19.0 Å². The Kier molecular flexibility index (Phi) is 5.71. The highest BCUT2D eigenvalue weighted by atomic mass is 19.3. The predicted octanol–water partition coefficient (Wildman–Crippen LogP) is 6.50. The van der Waals surface area contributed by atoms with E-state index in [1.807, 2.05) is 6.92 Å². The molecule has 4 rings (SSSR count). The minimum Gasteiger partial charge on any atom is -0.390 e. The number of aliphatic hydroxyl groups is 2. The van der Waals surface area contributed by atoms with Crippen molar-refractivity contribution in [1.29, 1.82) is 0 Å². The SMILES string of the molecule is CC(O)C(F)(F)CCCC1CCC2C3CC=C4C[C@@](C)(O)CCC4(C)C3CCC12C. The van der Waals surface area contributed by atoms with Crippen molar-refractivity contribution in [3.63, 3.8) is 0 Å². The van der Waals surface area contributed by atoms with Crippen LogP contribution in [0.1, 0.15) is 98.3 Å². The molecule has 3 fully saturated rings. The molecule has 4 aliphatic rings. The molecule has 7 unspecified atom stereocenters. The van der Waals surface area contributed by atoms with Crippen LogP contribution in [0, 0.1) is 34.5 Å². The Morgan fingerprint density at radius 3 is 2.53 bits per heavy atom. The zero-order chi connectivity index (χ0) is 21.9. The van der Waals surface area contributed by atoms with Crippen LogP contribution in [-0.2, 0) is 0 Å². The number of hydrogen-bond acceptors (Lipinski definition) is 2. The Morgan fingerprint density at radius 2 is 1.83 bits per heavy atom. The topological polar surface area (TPSA) is 40.5 Å². The fraction of sp³-hybridized carbons (Fsp3) is 0.923. The van der Waals surface area contributed by atoms with E-state index in [0.29, 0.717) is 30.1 Å². The second-order valence-corrected chi connectivity index (χ2v) is 12.1. The highest BCUT2D eigenvalue weighted by Gasteiger charge is 2.58. The van der Waals surface area contributed by atoms with E-state index in [9.17, 15) is 19.0 Å². The molecule has 4 heteroatoms. The molecule has 8 atom stereocenters. The molecule has 3 saturated carbocycles. The van der Waals surface area contributed by atoms with E-state index >= 15 is 0 Å². The van der Waals surface area contributed by atoms with Gasteiger partial charge < -0.3 is 10.2 Å². The maximum Gasteiger partial charge on any atom is 0.273 e. The van der Waals surface area contributed by atoms with Crippen LogP contribution in [0.3, 0.4) is 0 Å². The van der Waals surface area contributed by atoms with E-state index in [2.05, 4.69) is 19.9 Å². The second-order valence-electron chi connectivity index (χ2n) is 12.1. The fourth-order valence-corrected chi connectivity index (χ4v) is 8.18. The van der Waals surface area contributed by atoms with Crippen LogP contribution in [0.2, 0.25) is 0 Å². The van der Waals surface area contributed by atoms with Crippen LogP contribution in [0.4, 0.5) is 8.78 Å². The van der Waals surface area contributed by atoms with Gasteiger partial charge in [-0.15, -0.1) is 0 Å². The Hall–Kier alpha value is -0.480. The standard InChI is InChI=1S/C26H42F2O2/c1-17(29)26(27,28)12-5-6-18-8-10-21-20-9-7-19-16-23(2,30)14-15-25(19,4)22(20)11-13-24(18,21)3/h7,17-18,20-22,29-30H,5-6,8-16H2,1-4H3/t17?,18?,20?,21?,22?,23-,24?,25?/m0/s1. The number of allylic oxidation sites excluding steroid dienone is 1. The zero-order valence-corrected chi connectivity index (χ0v) is 19.4. The van der Waals surface area contributed by atoms with Crippen LogP contribution in [-0.4, -0.2) is 27.8 Å². The second kappa shape index (κ2) is 7.54. The van der Waals surface area contributed by atoms with Crippen molar-refractivity contribution in [1.82, 2.24) is 0 Å². The first-order valence-corrected chi connectivity index (χ1v) is 12.4. The third-order valence-corrected chi connectivity index (χ3v) is 10.2. The number of rotatable bonds is 5. The van der Waals surface area contributed by atoms with Crippen LogP contribution in [0.15, 0.2) is 11.6 Å². The van der Waals surface area contributed by atoms with Gasteiger partial charge in [-0.05, 0) is 113 Å². The van der Waals surface area contributed by atoms with Gasteiger partial charge in [-0.1, -0.05) is 25.5 Å². The van der Waals surface area contributed by atoms with Crippen molar-refractivity contribution in [3.8, 4) is 0 Å². The molecule has 0 aromatic heterocycles. The van der Waals surface area contributed by atoms with E-state index in [1.54, 1.807) is 0 Å². The Morgan fingerprint density at radius 1 is 1.10 bits per heavy atom. The summed E-state index contributed by atoms with van der Waals surface area (Å²) in [6, 6.07) is 0. The molecule has 0 bridgehead atoms. The molecular weight excluding hydrogens is 382 g/mol. The lowest BCUT2D eigenvalue weighted by Crippen LogP contribution is -2.51. The van der Waals surface area contributed by atoms with Crippen LogP contribution >= 0.6 is 0 Å². The summed E-state index contributed by atoms with van der Waals surface area (Å²) in [6.45, 7) is 8.09. The molecule has 0 aliphatic heterocycles. The number of fused-ring (bicyclic) bond motifs is 5. The summed E-state index contributed by atoms with van der Waals surface area (Å²) >= 11 is 0. The van der Waals surface area contributed by atoms with Gasteiger partial charge in [0, 0.05) is 6.42 Å². The van der Waals surface area contributed by atoms with Crippen molar-refractivity contribution in [2.45, 2.75) is 116 Å². The lowest BCUT2D eigenvalue weighted by molar-refractivity contribution is -0.107. The molecule has 0 aromatic rings. The van der Waals surface area contributed by atoms with Gasteiger partial charge in [-0.3, -0.25) is 0 Å². The third-order valence-electron chi connectivity index (χ3n) is 10.2. The Balaban J connectivity index is 1.46. The van der Waals surface area contributed by atoms with Crippen molar-refractivity contribution in [3.05, 3.63) is 11.6 Å². The molecular formula is C26H42F2O2. The molecule has 0 amide bonds. The average Bonchev–Trinajstić information content (AvgIpc) is 2.98. The molecule has 0 saturated heterocycles. The first-order chi connectivity index (χ1) is 13.9. The molecule has 0 heterocycles. The minimum absolute atomic E-state index is 0.196. The number of hydrogen-bond donors (Lipinski definition) is 2. The largest absolute Gasteiger partial charge is 0.390 e. The Bertz CT molecular complexity index is 685.